The smallest absolute Gasteiger partial charge is 0.255 e. The van der Waals surface area contributed by atoms with E-state index in [0.29, 0.717) is 12.1 Å². The molecule has 4 rings (SSSR count). The SMILES string of the molecule is CCCCCNCc1cc(O)c2c(c1N(C)C)C[C@H]1C[C@H]3[C@H](N(C)C)C(O)=C(C(N)=O)C(=O)[C@@]3(O)C(O)=C1C2=O. The standard InChI is InChI=1S/C29H40N4O7/c1-6-7-8-9-31-13-15-12-18(34)20-16(22(15)32(2)3)10-14-11-17-23(33(4)5)25(36)21(28(30)39)27(38)29(17,40)26(37)19(14)24(20)35/h12,14,17,23,31,34,36-37,40H,6-11,13H2,1-5H3,(H2,30,39)/t14-,17-,23-,29-/m0/s1. The zero-order chi connectivity index (χ0) is 29.7. The first-order chi connectivity index (χ1) is 18.8. The van der Waals surface area contributed by atoms with E-state index in [9.17, 15) is 34.8 Å². The average molecular weight is 557 g/mol. The number of Topliss-reactive ketones (excluding diaryl/α,β-unsaturated/α-hetero) is 2. The lowest BCUT2D eigenvalue weighted by Gasteiger charge is -2.50. The number of hydrogen-bond acceptors (Lipinski definition) is 10. The Morgan fingerprint density at radius 1 is 1.15 bits per heavy atom. The van der Waals surface area contributed by atoms with Crippen LogP contribution >= 0.6 is 0 Å². The highest BCUT2D eigenvalue weighted by Crippen LogP contribution is 2.53. The zero-order valence-electron chi connectivity index (χ0n) is 23.7. The van der Waals surface area contributed by atoms with E-state index in [2.05, 4.69) is 12.2 Å². The van der Waals surface area contributed by atoms with E-state index in [0.717, 1.165) is 37.1 Å². The number of nitrogens with one attached hydrogen (secondary N) is 1. The predicted molar refractivity (Wildman–Crippen MR) is 149 cm³/mol. The molecular formula is C29H40N4O7. The lowest BCUT2D eigenvalue weighted by molar-refractivity contribution is -0.148. The highest BCUT2D eigenvalue weighted by molar-refractivity contribution is 6.24. The fourth-order valence-electron chi connectivity index (χ4n) is 6.79. The van der Waals surface area contributed by atoms with Gasteiger partial charge < -0.3 is 36.4 Å². The van der Waals surface area contributed by atoms with Gasteiger partial charge >= 0.3 is 0 Å². The van der Waals surface area contributed by atoms with Gasteiger partial charge in [-0.3, -0.25) is 19.3 Å². The molecule has 0 saturated heterocycles. The molecule has 7 N–H and O–H groups in total. The van der Waals surface area contributed by atoms with Crippen LogP contribution in [0.1, 0.15) is 54.1 Å². The van der Waals surface area contributed by atoms with Crippen LogP contribution in [0.25, 0.3) is 0 Å². The lowest BCUT2D eigenvalue weighted by atomic mass is 9.58. The molecule has 1 aromatic carbocycles. The van der Waals surface area contributed by atoms with Crippen LogP contribution < -0.4 is 16.0 Å². The molecule has 3 aliphatic rings. The summed E-state index contributed by atoms with van der Waals surface area (Å²) in [7, 11) is 6.93. The van der Waals surface area contributed by atoms with Crippen molar-refractivity contribution < 1.29 is 34.8 Å². The number of unbranched alkanes of at least 4 members (excludes halogenated alkanes) is 2. The molecule has 0 saturated carbocycles. The molecule has 218 valence electrons. The van der Waals surface area contributed by atoms with E-state index in [1.807, 2.05) is 19.0 Å². The summed E-state index contributed by atoms with van der Waals surface area (Å²) in [6.45, 7) is 3.43. The number of fused-ring (bicyclic) bond motifs is 3. The number of nitrogens with two attached hydrogens (primary N) is 1. The minimum absolute atomic E-state index is 0.0132. The summed E-state index contributed by atoms with van der Waals surface area (Å²) in [5, 5.41) is 48.5. The van der Waals surface area contributed by atoms with Crippen molar-refractivity contribution in [2.45, 2.75) is 57.2 Å². The fraction of sp³-hybridized carbons (Fsp3) is 0.552. The minimum atomic E-state index is -2.65. The van der Waals surface area contributed by atoms with Gasteiger partial charge in [-0.15, -0.1) is 0 Å². The van der Waals surface area contributed by atoms with Crippen LogP contribution in [0.3, 0.4) is 0 Å². The molecule has 0 spiro atoms. The van der Waals surface area contributed by atoms with Gasteiger partial charge in [-0.05, 0) is 63.0 Å². The Hall–Kier alpha value is -3.41. The number of amides is 1. The summed E-state index contributed by atoms with van der Waals surface area (Å²) in [6, 6.07) is 0.516. The van der Waals surface area contributed by atoms with Crippen LogP contribution in [0.15, 0.2) is 28.7 Å². The molecule has 11 nitrogen and oxygen atoms in total. The molecule has 40 heavy (non-hydrogen) atoms. The van der Waals surface area contributed by atoms with Crippen molar-refractivity contribution in [1.82, 2.24) is 10.2 Å². The first-order valence-electron chi connectivity index (χ1n) is 13.7. The van der Waals surface area contributed by atoms with Crippen LogP contribution in [-0.2, 0) is 22.6 Å². The van der Waals surface area contributed by atoms with Crippen molar-refractivity contribution in [3.05, 3.63) is 45.4 Å². The number of phenolic OH excluding ortho intramolecular Hbond substituents is 1. The number of likely N-dealkylation sites (N-methyl/N-ethyl adjacent to an activating group) is 1. The van der Waals surface area contributed by atoms with Gasteiger partial charge in [-0.25, -0.2) is 0 Å². The second kappa shape index (κ2) is 10.9. The van der Waals surface area contributed by atoms with Gasteiger partial charge in [-0.2, -0.15) is 0 Å². The van der Waals surface area contributed by atoms with E-state index < -0.39 is 58.0 Å². The van der Waals surface area contributed by atoms with Crippen molar-refractivity contribution in [1.29, 1.82) is 0 Å². The highest BCUT2D eigenvalue weighted by Gasteiger charge is 2.63. The summed E-state index contributed by atoms with van der Waals surface area (Å²) in [6.07, 6.45) is 3.53. The Bertz CT molecular complexity index is 1320. The normalized spacial score (nSPS) is 26.1. The van der Waals surface area contributed by atoms with E-state index in [-0.39, 0.29) is 29.7 Å². The average Bonchev–Trinajstić information content (AvgIpc) is 2.85. The van der Waals surface area contributed by atoms with Gasteiger partial charge in [0, 0.05) is 37.8 Å². The highest BCUT2D eigenvalue weighted by atomic mass is 16.3. The van der Waals surface area contributed by atoms with Gasteiger partial charge in [0.1, 0.15) is 22.8 Å². The number of allylic oxidation sites excluding steroid dienone is 1. The lowest BCUT2D eigenvalue weighted by Crippen LogP contribution is -2.63. The number of aliphatic hydroxyl groups excluding tert-OH is 2. The van der Waals surface area contributed by atoms with Gasteiger partial charge in [0.15, 0.2) is 11.4 Å². The Morgan fingerprint density at radius 2 is 1.82 bits per heavy atom. The fourth-order valence-corrected chi connectivity index (χ4v) is 6.79. The molecule has 0 radical (unpaired) electrons. The van der Waals surface area contributed by atoms with Crippen molar-refractivity contribution in [3.8, 4) is 5.75 Å². The monoisotopic (exact) mass is 556 g/mol. The number of phenols is 1. The molecular weight excluding hydrogens is 516 g/mol. The first-order valence-corrected chi connectivity index (χ1v) is 13.7. The maximum Gasteiger partial charge on any atom is 0.255 e. The summed E-state index contributed by atoms with van der Waals surface area (Å²) >= 11 is 0. The number of aliphatic hydroxyl groups is 3. The van der Waals surface area contributed by atoms with E-state index in [4.69, 9.17) is 5.73 Å². The van der Waals surface area contributed by atoms with Crippen LogP contribution in [-0.4, -0.2) is 89.2 Å². The molecule has 11 heteroatoms. The van der Waals surface area contributed by atoms with Crippen molar-refractivity contribution >= 4 is 23.2 Å². The van der Waals surface area contributed by atoms with E-state index in [1.165, 1.54) is 11.0 Å². The molecule has 0 bridgehead atoms. The summed E-state index contributed by atoms with van der Waals surface area (Å²) in [5.74, 6) is -6.54. The second-order valence-corrected chi connectivity index (χ2v) is 11.5. The molecule has 0 aliphatic heterocycles. The molecule has 0 fully saturated rings. The third-order valence-electron chi connectivity index (χ3n) is 8.49. The number of anilines is 1. The molecule has 4 atom stereocenters. The van der Waals surface area contributed by atoms with Crippen LogP contribution in [0.4, 0.5) is 5.69 Å². The van der Waals surface area contributed by atoms with Gasteiger partial charge in [0.05, 0.1) is 11.6 Å². The van der Waals surface area contributed by atoms with Crippen LogP contribution in [0.5, 0.6) is 5.75 Å². The quantitative estimate of drug-likeness (QED) is 0.193. The molecule has 1 amide bonds. The van der Waals surface area contributed by atoms with Gasteiger partial charge in [-0.1, -0.05) is 19.8 Å². The van der Waals surface area contributed by atoms with E-state index >= 15 is 0 Å². The van der Waals surface area contributed by atoms with Gasteiger partial charge in [0.25, 0.3) is 5.91 Å². The van der Waals surface area contributed by atoms with Gasteiger partial charge in [0.2, 0.25) is 5.78 Å². The number of ketones is 2. The predicted octanol–water partition coefficient (Wildman–Crippen LogP) is 1.47. The number of hydrogen-bond donors (Lipinski definition) is 6. The van der Waals surface area contributed by atoms with Crippen molar-refractivity contribution in [2.75, 3.05) is 39.6 Å². The second-order valence-electron chi connectivity index (χ2n) is 11.5. The Morgan fingerprint density at radius 3 is 2.40 bits per heavy atom. The molecule has 1 aromatic rings. The molecule has 0 unspecified atom stereocenters. The number of rotatable bonds is 9. The number of nitrogens with zero attached hydrogens (tertiary/aromatic N) is 2. The Kier molecular flexibility index (Phi) is 8.04. The zero-order valence-corrected chi connectivity index (χ0v) is 23.7. The molecule has 3 aliphatic carbocycles. The maximum absolute atomic E-state index is 13.9. The van der Waals surface area contributed by atoms with E-state index in [1.54, 1.807) is 14.1 Å². The van der Waals surface area contributed by atoms with Crippen molar-refractivity contribution in [2.24, 2.45) is 17.6 Å². The topological polar surface area (TPSA) is 177 Å². The summed E-state index contributed by atoms with van der Waals surface area (Å²) in [4.78, 5) is 42.9. The van der Waals surface area contributed by atoms with Crippen molar-refractivity contribution in [3.63, 3.8) is 0 Å². The molecule has 0 aromatic heterocycles. The van der Waals surface area contributed by atoms with Crippen LogP contribution in [0, 0.1) is 11.8 Å². The number of carbonyl (C=O) groups excluding carboxylic acids is 3. The first kappa shape index (κ1) is 29.6. The number of benzene rings is 1. The largest absolute Gasteiger partial charge is 0.510 e. The number of carbonyl (C=O) groups is 3. The maximum atomic E-state index is 13.9. The summed E-state index contributed by atoms with van der Waals surface area (Å²) in [5.41, 5.74) is 3.99. The Labute approximate surface area is 233 Å². The molecule has 0 heterocycles. The Balaban J connectivity index is 1.85. The third kappa shape index (κ3) is 4.46. The minimum Gasteiger partial charge on any atom is -0.510 e. The summed E-state index contributed by atoms with van der Waals surface area (Å²) < 4.78 is 0. The van der Waals surface area contributed by atoms with Crippen LogP contribution in [0.2, 0.25) is 0 Å². The number of aromatic hydroxyl groups is 1. The third-order valence-corrected chi connectivity index (χ3v) is 8.49. The number of primary amides is 1.